The Morgan fingerprint density at radius 2 is 1.78 bits per heavy atom. The number of nitrogens with one attached hydrogen (secondary N) is 2. The minimum atomic E-state index is -0.312. The van der Waals surface area contributed by atoms with Gasteiger partial charge in [-0.1, -0.05) is 12.1 Å². The van der Waals surface area contributed by atoms with Gasteiger partial charge in [-0.3, -0.25) is 4.79 Å². The van der Waals surface area contributed by atoms with Crippen molar-refractivity contribution >= 4 is 23.2 Å². The highest BCUT2D eigenvalue weighted by Gasteiger charge is 2.16. The number of para-hydroxylation sites is 2. The first-order chi connectivity index (χ1) is 13.2. The summed E-state index contributed by atoms with van der Waals surface area (Å²) in [5.74, 6) is 2.42. The van der Waals surface area contributed by atoms with Crippen LogP contribution in [-0.2, 0) is 0 Å². The molecule has 0 radical (unpaired) electrons. The van der Waals surface area contributed by atoms with Gasteiger partial charge in [0.25, 0.3) is 5.91 Å². The zero-order chi connectivity index (χ0) is 18.6. The Hall–Kier alpha value is -3.81. The first-order valence-corrected chi connectivity index (χ1v) is 8.18. The number of carbonyl (C=O) groups is 1. The molecule has 4 rings (SSSR count). The fourth-order valence-electron chi connectivity index (χ4n) is 2.58. The summed E-state index contributed by atoms with van der Waals surface area (Å²) in [5.41, 5.74) is 1.21. The van der Waals surface area contributed by atoms with Crippen LogP contribution in [0.2, 0.25) is 0 Å². The van der Waals surface area contributed by atoms with Crippen LogP contribution in [0.1, 0.15) is 10.4 Å². The Labute approximate surface area is 155 Å². The van der Waals surface area contributed by atoms with Crippen LogP contribution in [0.4, 0.5) is 17.3 Å². The Balaban J connectivity index is 1.44. The molecular formula is C19H16N4O4. The molecule has 8 heteroatoms. The topological polar surface area (TPSA) is 94.6 Å². The van der Waals surface area contributed by atoms with Crippen LogP contribution < -0.4 is 24.8 Å². The van der Waals surface area contributed by atoms with Gasteiger partial charge in [0.05, 0.1) is 12.8 Å². The molecule has 0 bridgehead atoms. The number of aromatic nitrogens is 2. The zero-order valence-corrected chi connectivity index (χ0v) is 14.4. The summed E-state index contributed by atoms with van der Waals surface area (Å²) in [6, 6.07) is 15.8. The van der Waals surface area contributed by atoms with Gasteiger partial charge in [-0.15, -0.1) is 10.2 Å². The molecular weight excluding hydrogens is 348 g/mol. The number of methoxy groups -OCH3 is 1. The Kier molecular flexibility index (Phi) is 4.44. The monoisotopic (exact) mass is 364 g/mol. The standard InChI is InChI=1S/C19H16N4O4/c1-25-14-5-3-2-4-13(14)20-17-8-9-18(23-22-17)21-19(24)12-6-7-15-16(10-12)27-11-26-15/h2-10H,11H2,1H3,(H,20,22)(H,21,23,24). The first-order valence-electron chi connectivity index (χ1n) is 8.18. The normalized spacial score (nSPS) is 11.7. The second-order valence-electron chi connectivity index (χ2n) is 5.65. The Morgan fingerprint density at radius 3 is 2.59 bits per heavy atom. The van der Waals surface area contributed by atoms with Crippen molar-refractivity contribution in [1.82, 2.24) is 10.2 Å². The third kappa shape index (κ3) is 3.59. The summed E-state index contributed by atoms with van der Waals surface area (Å²) in [5, 5.41) is 13.9. The van der Waals surface area contributed by atoms with Gasteiger partial charge in [0.1, 0.15) is 5.75 Å². The average molecular weight is 364 g/mol. The van der Waals surface area contributed by atoms with Crippen LogP contribution >= 0.6 is 0 Å². The molecule has 0 aliphatic carbocycles. The van der Waals surface area contributed by atoms with Gasteiger partial charge in [0.15, 0.2) is 23.1 Å². The van der Waals surface area contributed by atoms with Crippen molar-refractivity contribution in [2.45, 2.75) is 0 Å². The number of hydrogen-bond donors (Lipinski definition) is 2. The van der Waals surface area contributed by atoms with Crippen LogP contribution in [0.5, 0.6) is 17.2 Å². The van der Waals surface area contributed by atoms with E-state index >= 15 is 0 Å². The predicted octanol–water partition coefficient (Wildman–Crippen LogP) is 3.21. The lowest BCUT2D eigenvalue weighted by atomic mass is 10.2. The SMILES string of the molecule is COc1ccccc1Nc1ccc(NC(=O)c2ccc3c(c2)OCO3)nn1. The molecule has 0 saturated carbocycles. The molecule has 2 aromatic carbocycles. The maximum Gasteiger partial charge on any atom is 0.257 e. The van der Waals surface area contributed by atoms with Crippen LogP contribution in [0, 0.1) is 0 Å². The predicted molar refractivity (Wildman–Crippen MR) is 98.8 cm³/mol. The maximum atomic E-state index is 12.4. The van der Waals surface area contributed by atoms with Crippen molar-refractivity contribution < 1.29 is 19.0 Å². The first kappa shape index (κ1) is 16.6. The van der Waals surface area contributed by atoms with Gasteiger partial charge < -0.3 is 24.8 Å². The van der Waals surface area contributed by atoms with Crippen molar-refractivity contribution in [2.75, 3.05) is 24.5 Å². The molecule has 0 atom stereocenters. The number of hydrogen-bond acceptors (Lipinski definition) is 7. The summed E-state index contributed by atoms with van der Waals surface area (Å²) < 4.78 is 15.8. The highest BCUT2D eigenvalue weighted by Crippen LogP contribution is 2.32. The summed E-state index contributed by atoms with van der Waals surface area (Å²) in [6.45, 7) is 0.159. The molecule has 8 nitrogen and oxygen atoms in total. The quantitative estimate of drug-likeness (QED) is 0.718. The number of ether oxygens (including phenoxy) is 3. The van der Waals surface area contributed by atoms with Crippen molar-refractivity contribution in [2.24, 2.45) is 0 Å². The summed E-state index contributed by atoms with van der Waals surface area (Å²) in [6.07, 6.45) is 0. The second kappa shape index (κ2) is 7.20. The molecule has 1 aliphatic heterocycles. The van der Waals surface area contributed by atoms with Crippen LogP contribution in [0.3, 0.4) is 0 Å². The smallest absolute Gasteiger partial charge is 0.257 e. The molecule has 0 unspecified atom stereocenters. The number of amides is 1. The van der Waals surface area contributed by atoms with E-state index in [4.69, 9.17) is 14.2 Å². The molecule has 2 N–H and O–H groups in total. The lowest BCUT2D eigenvalue weighted by Gasteiger charge is -2.10. The van der Waals surface area contributed by atoms with Crippen molar-refractivity contribution in [1.29, 1.82) is 0 Å². The minimum Gasteiger partial charge on any atom is -0.495 e. The molecule has 3 aromatic rings. The van der Waals surface area contributed by atoms with E-state index in [9.17, 15) is 4.79 Å². The second-order valence-corrected chi connectivity index (χ2v) is 5.65. The van der Waals surface area contributed by atoms with Crippen LogP contribution in [0.25, 0.3) is 0 Å². The summed E-state index contributed by atoms with van der Waals surface area (Å²) >= 11 is 0. The van der Waals surface area contributed by atoms with Gasteiger partial charge in [0.2, 0.25) is 6.79 Å². The largest absolute Gasteiger partial charge is 0.495 e. The van der Waals surface area contributed by atoms with E-state index in [0.29, 0.717) is 34.4 Å². The van der Waals surface area contributed by atoms with Gasteiger partial charge in [-0.25, -0.2) is 0 Å². The molecule has 0 saturated heterocycles. The van der Waals surface area contributed by atoms with E-state index in [1.807, 2.05) is 24.3 Å². The van der Waals surface area contributed by atoms with E-state index in [1.165, 1.54) is 0 Å². The van der Waals surface area contributed by atoms with Gasteiger partial charge >= 0.3 is 0 Å². The van der Waals surface area contributed by atoms with E-state index < -0.39 is 0 Å². The van der Waals surface area contributed by atoms with E-state index in [0.717, 1.165) is 5.69 Å². The molecule has 0 spiro atoms. The number of benzene rings is 2. The van der Waals surface area contributed by atoms with Crippen LogP contribution in [-0.4, -0.2) is 30.0 Å². The molecule has 1 amide bonds. The fourth-order valence-corrected chi connectivity index (χ4v) is 2.58. The lowest BCUT2D eigenvalue weighted by molar-refractivity contribution is 0.102. The van der Waals surface area contributed by atoms with Crippen molar-refractivity contribution in [3.05, 3.63) is 60.2 Å². The highest BCUT2D eigenvalue weighted by molar-refractivity contribution is 6.04. The summed E-state index contributed by atoms with van der Waals surface area (Å²) in [7, 11) is 1.60. The van der Waals surface area contributed by atoms with Crippen molar-refractivity contribution in [3.63, 3.8) is 0 Å². The molecule has 1 aromatic heterocycles. The number of rotatable bonds is 5. The average Bonchev–Trinajstić information content (AvgIpc) is 3.17. The van der Waals surface area contributed by atoms with Crippen LogP contribution in [0.15, 0.2) is 54.6 Å². The van der Waals surface area contributed by atoms with E-state index in [1.54, 1.807) is 37.4 Å². The van der Waals surface area contributed by atoms with Gasteiger partial charge in [-0.05, 0) is 42.5 Å². The molecule has 2 heterocycles. The summed E-state index contributed by atoms with van der Waals surface area (Å²) in [4.78, 5) is 12.4. The molecule has 27 heavy (non-hydrogen) atoms. The number of nitrogens with zero attached hydrogens (tertiary/aromatic N) is 2. The van der Waals surface area contributed by atoms with Gasteiger partial charge in [0, 0.05) is 5.56 Å². The maximum absolute atomic E-state index is 12.4. The third-order valence-electron chi connectivity index (χ3n) is 3.91. The molecule has 1 aliphatic rings. The fraction of sp³-hybridized carbons (Fsp3) is 0.105. The van der Waals surface area contributed by atoms with E-state index in [-0.39, 0.29) is 12.7 Å². The number of carbonyl (C=O) groups excluding carboxylic acids is 1. The molecule has 136 valence electrons. The molecule has 0 fully saturated rings. The highest BCUT2D eigenvalue weighted by atomic mass is 16.7. The zero-order valence-electron chi connectivity index (χ0n) is 14.4. The number of anilines is 3. The lowest BCUT2D eigenvalue weighted by Crippen LogP contribution is -2.13. The van der Waals surface area contributed by atoms with Gasteiger partial charge in [-0.2, -0.15) is 0 Å². The van der Waals surface area contributed by atoms with Crippen molar-refractivity contribution in [3.8, 4) is 17.2 Å². The Morgan fingerprint density at radius 1 is 1.00 bits per heavy atom. The third-order valence-corrected chi connectivity index (χ3v) is 3.91. The van der Waals surface area contributed by atoms with E-state index in [2.05, 4.69) is 20.8 Å². The Bertz CT molecular complexity index is 976. The number of fused-ring (bicyclic) bond motifs is 1. The minimum absolute atomic E-state index is 0.159.